The first kappa shape index (κ1) is 19.5. The number of para-hydroxylation sites is 1. The molecule has 2 aromatic carbocycles. The number of amides is 1. The lowest BCUT2D eigenvalue weighted by Crippen LogP contribution is -2.42. The van der Waals surface area contributed by atoms with Gasteiger partial charge < -0.3 is 17.2 Å². The average molecular weight is 357 g/mol. The number of rotatable bonds is 8. The smallest absolute Gasteiger partial charge is 0.269 e. The topological polar surface area (TPSA) is 142 Å². The predicted octanol–water partition coefficient (Wildman–Crippen LogP) is 2.00. The van der Waals surface area contributed by atoms with Gasteiger partial charge in [0.05, 0.1) is 17.1 Å². The second-order valence-corrected chi connectivity index (χ2v) is 5.98. The van der Waals surface area contributed by atoms with Crippen molar-refractivity contribution in [1.29, 1.82) is 0 Å². The molecule has 0 saturated heterocycles. The molecule has 8 heteroatoms. The molecule has 0 spiro atoms. The van der Waals surface area contributed by atoms with Crippen molar-refractivity contribution in [1.82, 2.24) is 0 Å². The fourth-order valence-corrected chi connectivity index (χ4v) is 2.57. The summed E-state index contributed by atoms with van der Waals surface area (Å²) in [6.07, 6.45) is 1.22. The van der Waals surface area contributed by atoms with E-state index >= 15 is 0 Å². The number of benzene rings is 2. The van der Waals surface area contributed by atoms with Crippen molar-refractivity contribution in [3.05, 3.63) is 64.7 Å². The highest BCUT2D eigenvalue weighted by Gasteiger charge is 2.24. The maximum atomic E-state index is 12.9. The van der Waals surface area contributed by atoms with Crippen LogP contribution in [0.5, 0.6) is 0 Å². The zero-order chi connectivity index (χ0) is 19.1. The predicted molar refractivity (Wildman–Crippen MR) is 101 cm³/mol. The maximum absolute atomic E-state index is 12.9. The van der Waals surface area contributed by atoms with E-state index in [0.717, 1.165) is 0 Å². The number of anilines is 2. The zero-order valence-electron chi connectivity index (χ0n) is 14.3. The van der Waals surface area contributed by atoms with E-state index in [0.29, 0.717) is 30.6 Å². The summed E-state index contributed by atoms with van der Waals surface area (Å²) in [5, 5.41) is 10.9. The SMILES string of the molecule is NC(N)CCC[C@H](N)C(=O)N(c1ccccc1)c1ccc([N+](=O)[O-])cc1. The minimum absolute atomic E-state index is 0.0459. The van der Waals surface area contributed by atoms with Crippen LogP contribution in [0.15, 0.2) is 54.6 Å². The van der Waals surface area contributed by atoms with Crippen LogP contribution in [0.4, 0.5) is 17.1 Å². The Labute approximate surface area is 151 Å². The highest BCUT2D eigenvalue weighted by molar-refractivity contribution is 6.03. The molecule has 2 aromatic rings. The maximum Gasteiger partial charge on any atom is 0.269 e. The third-order valence-electron chi connectivity index (χ3n) is 3.92. The minimum Gasteiger partial charge on any atom is -0.320 e. The van der Waals surface area contributed by atoms with Gasteiger partial charge in [0.15, 0.2) is 0 Å². The van der Waals surface area contributed by atoms with E-state index in [9.17, 15) is 14.9 Å². The number of carbonyl (C=O) groups excluding carboxylic acids is 1. The number of nitro groups is 1. The second-order valence-electron chi connectivity index (χ2n) is 5.98. The number of non-ortho nitro benzene ring substituents is 1. The van der Waals surface area contributed by atoms with E-state index in [1.54, 1.807) is 24.3 Å². The van der Waals surface area contributed by atoms with Gasteiger partial charge in [0, 0.05) is 23.5 Å². The van der Waals surface area contributed by atoms with Crippen molar-refractivity contribution in [2.45, 2.75) is 31.5 Å². The first-order chi connectivity index (χ1) is 12.4. The van der Waals surface area contributed by atoms with Gasteiger partial charge in [-0.15, -0.1) is 0 Å². The number of nitrogens with zero attached hydrogens (tertiary/aromatic N) is 2. The number of carbonyl (C=O) groups is 1. The summed E-state index contributed by atoms with van der Waals surface area (Å²) in [6, 6.07) is 14.1. The van der Waals surface area contributed by atoms with Gasteiger partial charge in [0.2, 0.25) is 5.91 Å². The van der Waals surface area contributed by atoms with Crippen LogP contribution in [0.1, 0.15) is 19.3 Å². The third-order valence-corrected chi connectivity index (χ3v) is 3.92. The standard InChI is InChI=1S/C18H23N5O3/c19-16(7-4-8-17(20)21)18(24)22(13-5-2-1-3-6-13)14-9-11-15(12-10-14)23(25)26/h1-3,5-6,9-12,16-17H,4,7-8,19-21H2/t16-/m0/s1. The van der Waals surface area contributed by atoms with E-state index in [1.165, 1.54) is 29.2 Å². The molecule has 1 atom stereocenters. The fraction of sp³-hybridized carbons (Fsp3) is 0.278. The summed E-state index contributed by atoms with van der Waals surface area (Å²) < 4.78 is 0. The summed E-state index contributed by atoms with van der Waals surface area (Å²) in [5.41, 5.74) is 18.2. The highest BCUT2D eigenvalue weighted by Crippen LogP contribution is 2.28. The average Bonchev–Trinajstić information content (AvgIpc) is 2.62. The van der Waals surface area contributed by atoms with Crippen LogP contribution in [-0.4, -0.2) is 23.0 Å². The lowest BCUT2D eigenvalue weighted by atomic mass is 10.1. The molecule has 2 rings (SSSR count). The lowest BCUT2D eigenvalue weighted by Gasteiger charge is -2.26. The van der Waals surface area contributed by atoms with E-state index in [-0.39, 0.29) is 11.6 Å². The summed E-state index contributed by atoms with van der Waals surface area (Å²) >= 11 is 0. The van der Waals surface area contributed by atoms with Crippen LogP contribution in [-0.2, 0) is 4.79 Å². The van der Waals surface area contributed by atoms with Crippen LogP contribution < -0.4 is 22.1 Å². The molecule has 0 saturated carbocycles. The molecule has 0 aromatic heterocycles. The molecule has 0 aliphatic carbocycles. The molecule has 0 bridgehead atoms. The van der Waals surface area contributed by atoms with Crippen molar-refractivity contribution >= 4 is 23.0 Å². The molecule has 0 heterocycles. The number of hydrogen-bond acceptors (Lipinski definition) is 6. The molecular weight excluding hydrogens is 334 g/mol. The third kappa shape index (κ3) is 5.09. The summed E-state index contributed by atoms with van der Waals surface area (Å²) in [7, 11) is 0. The summed E-state index contributed by atoms with van der Waals surface area (Å²) in [4.78, 5) is 24.8. The van der Waals surface area contributed by atoms with Crippen molar-refractivity contribution in [3.8, 4) is 0 Å². The van der Waals surface area contributed by atoms with Crippen molar-refractivity contribution < 1.29 is 9.72 Å². The van der Waals surface area contributed by atoms with Crippen LogP contribution in [0.3, 0.4) is 0 Å². The molecule has 138 valence electrons. The normalized spacial score (nSPS) is 12.0. The molecule has 8 nitrogen and oxygen atoms in total. The number of nitro benzene ring substituents is 1. The molecule has 0 aliphatic heterocycles. The number of hydrogen-bond donors (Lipinski definition) is 3. The van der Waals surface area contributed by atoms with E-state index < -0.39 is 17.1 Å². The summed E-state index contributed by atoms with van der Waals surface area (Å²) in [6.45, 7) is 0. The molecule has 6 N–H and O–H groups in total. The Kier molecular flexibility index (Phi) is 6.79. The van der Waals surface area contributed by atoms with Gasteiger partial charge in [0.25, 0.3) is 5.69 Å². The molecule has 0 radical (unpaired) electrons. The van der Waals surface area contributed by atoms with Gasteiger partial charge in [-0.25, -0.2) is 0 Å². The van der Waals surface area contributed by atoms with Gasteiger partial charge in [-0.05, 0) is 43.5 Å². The van der Waals surface area contributed by atoms with Crippen molar-refractivity contribution in [2.75, 3.05) is 4.90 Å². The van der Waals surface area contributed by atoms with E-state index in [4.69, 9.17) is 17.2 Å². The van der Waals surface area contributed by atoms with Crippen LogP contribution >= 0.6 is 0 Å². The Balaban J connectivity index is 2.26. The van der Waals surface area contributed by atoms with Gasteiger partial charge in [-0.3, -0.25) is 19.8 Å². The Bertz CT molecular complexity index is 734. The first-order valence-electron chi connectivity index (χ1n) is 8.30. The molecular formula is C18H23N5O3. The second kappa shape index (κ2) is 9.04. The lowest BCUT2D eigenvalue weighted by molar-refractivity contribution is -0.384. The Morgan fingerprint density at radius 3 is 2.08 bits per heavy atom. The van der Waals surface area contributed by atoms with E-state index in [2.05, 4.69) is 0 Å². The van der Waals surface area contributed by atoms with Gasteiger partial charge in [0.1, 0.15) is 0 Å². The minimum atomic E-state index is -0.732. The quantitative estimate of drug-likeness (QED) is 0.375. The molecule has 26 heavy (non-hydrogen) atoms. The first-order valence-corrected chi connectivity index (χ1v) is 8.30. The van der Waals surface area contributed by atoms with Crippen LogP contribution in [0.2, 0.25) is 0 Å². The van der Waals surface area contributed by atoms with Gasteiger partial charge in [-0.1, -0.05) is 18.2 Å². The summed E-state index contributed by atoms with van der Waals surface area (Å²) in [5.74, 6) is -0.296. The highest BCUT2D eigenvalue weighted by atomic mass is 16.6. The van der Waals surface area contributed by atoms with Gasteiger partial charge in [-0.2, -0.15) is 0 Å². The van der Waals surface area contributed by atoms with Crippen LogP contribution in [0, 0.1) is 10.1 Å². The molecule has 0 unspecified atom stereocenters. The molecule has 0 aliphatic rings. The van der Waals surface area contributed by atoms with Gasteiger partial charge >= 0.3 is 0 Å². The molecule has 1 amide bonds. The van der Waals surface area contributed by atoms with E-state index in [1.807, 2.05) is 6.07 Å². The Morgan fingerprint density at radius 1 is 0.962 bits per heavy atom. The monoisotopic (exact) mass is 357 g/mol. The fourth-order valence-electron chi connectivity index (χ4n) is 2.57. The van der Waals surface area contributed by atoms with Crippen molar-refractivity contribution in [3.63, 3.8) is 0 Å². The van der Waals surface area contributed by atoms with Crippen molar-refractivity contribution in [2.24, 2.45) is 17.2 Å². The Morgan fingerprint density at radius 2 is 1.54 bits per heavy atom. The largest absolute Gasteiger partial charge is 0.320 e. The molecule has 0 fully saturated rings. The Hall–Kier alpha value is -2.81. The number of nitrogens with two attached hydrogens (primary N) is 3. The zero-order valence-corrected chi connectivity index (χ0v) is 14.3. The van der Waals surface area contributed by atoms with Crippen LogP contribution in [0.25, 0.3) is 0 Å².